The molecule has 168 valence electrons. The minimum Gasteiger partial charge on any atom is -1.00 e. The van der Waals surface area contributed by atoms with Crippen molar-refractivity contribution in [2.24, 2.45) is 0 Å². The van der Waals surface area contributed by atoms with Crippen molar-refractivity contribution in [2.45, 2.75) is 0 Å². The van der Waals surface area contributed by atoms with Gasteiger partial charge >= 0.3 is 6.09 Å². The average Bonchev–Trinajstić information content (AvgIpc) is 2.64. The number of methoxy groups -OCH3 is 1. The molecule has 0 N–H and O–H groups in total. The second-order valence-electron chi connectivity index (χ2n) is 6.93. The lowest BCUT2D eigenvalue weighted by atomic mass is 10.3. The van der Waals surface area contributed by atoms with Gasteiger partial charge in [-0.1, -0.05) is 0 Å². The van der Waals surface area contributed by atoms with Crippen LogP contribution in [0.3, 0.4) is 0 Å². The summed E-state index contributed by atoms with van der Waals surface area (Å²) in [6.45, 7) is 8.29. The molecule has 0 spiro atoms. The van der Waals surface area contributed by atoms with Crippen LogP contribution in [0.1, 0.15) is 0 Å². The topological polar surface area (TPSA) is 75.7 Å². The van der Waals surface area contributed by atoms with Gasteiger partial charge in [-0.2, -0.15) is 0 Å². The summed E-state index contributed by atoms with van der Waals surface area (Å²) in [4.78, 5) is 13.7. The number of halogens is 1. The van der Waals surface area contributed by atoms with E-state index in [2.05, 4.69) is 14.1 Å². The van der Waals surface area contributed by atoms with Gasteiger partial charge in [-0.15, -0.1) is 0 Å². The highest BCUT2D eigenvalue weighted by molar-refractivity contribution is 5.67. The van der Waals surface area contributed by atoms with Crippen LogP contribution >= 0.6 is 0 Å². The van der Waals surface area contributed by atoms with E-state index in [9.17, 15) is 4.79 Å². The van der Waals surface area contributed by atoms with E-state index in [1.54, 1.807) is 12.0 Å². The van der Waals surface area contributed by atoms with E-state index in [4.69, 9.17) is 28.4 Å². The van der Waals surface area contributed by atoms with E-state index in [1.165, 1.54) is 0 Å². The Kier molecular flexibility index (Phi) is 17.5. The van der Waals surface area contributed by atoms with Crippen molar-refractivity contribution >= 4 is 6.09 Å². The van der Waals surface area contributed by atoms with E-state index in [0.717, 1.165) is 30.7 Å². The van der Waals surface area contributed by atoms with Gasteiger partial charge < -0.3 is 56.9 Å². The number of quaternary nitrogens is 1. The van der Waals surface area contributed by atoms with Gasteiger partial charge in [0.1, 0.15) is 6.61 Å². The lowest BCUT2D eigenvalue weighted by molar-refractivity contribution is -0.894. The van der Waals surface area contributed by atoms with Gasteiger partial charge in [0.25, 0.3) is 0 Å². The molecule has 0 saturated carbocycles. The number of amides is 1. The number of hydrogen-bond donors (Lipinski definition) is 0. The van der Waals surface area contributed by atoms with Gasteiger partial charge in [0.05, 0.1) is 99.7 Å². The molecule has 1 rings (SSSR count). The zero-order valence-electron chi connectivity index (χ0n) is 17.5. The second kappa shape index (κ2) is 17.6. The molecule has 0 aromatic carbocycles. The van der Waals surface area contributed by atoms with E-state index in [-0.39, 0.29) is 36.7 Å². The van der Waals surface area contributed by atoms with E-state index < -0.39 is 0 Å². The van der Waals surface area contributed by atoms with Crippen molar-refractivity contribution in [1.82, 2.24) is 4.90 Å². The van der Waals surface area contributed by atoms with Crippen LogP contribution in [0.5, 0.6) is 0 Å². The molecule has 0 radical (unpaired) electrons. The minimum absolute atomic E-state index is 0. The molecule has 0 aromatic heterocycles. The van der Waals surface area contributed by atoms with Crippen LogP contribution in [0, 0.1) is 0 Å². The average molecular weight is 520 g/mol. The normalized spacial score (nSPS) is 15.9. The largest absolute Gasteiger partial charge is 1.00 e. The summed E-state index contributed by atoms with van der Waals surface area (Å²) in [7, 11) is 5.98. The summed E-state index contributed by atoms with van der Waals surface area (Å²) in [5.74, 6) is 0. The molecule has 9 nitrogen and oxygen atoms in total. The number of likely N-dealkylation sites (N-methyl/N-ethyl adjacent to an activating group) is 1. The molecule has 28 heavy (non-hydrogen) atoms. The summed E-state index contributed by atoms with van der Waals surface area (Å²) >= 11 is 0. The third-order valence-electron chi connectivity index (χ3n) is 4.21. The van der Waals surface area contributed by atoms with Gasteiger partial charge in [-0.25, -0.2) is 4.79 Å². The Bertz CT molecular complexity index is 379. The number of nitrogens with zero attached hydrogens (tertiary/aromatic N) is 2. The Morgan fingerprint density at radius 2 is 1.14 bits per heavy atom. The van der Waals surface area contributed by atoms with Crippen molar-refractivity contribution in [3.05, 3.63) is 0 Å². The van der Waals surface area contributed by atoms with Crippen LogP contribution < -0.4 is 24.0 Å². The lowest BCUT2D eigenvalue weighted by Gasteiger charge is -2.38. The van der Waals surface area contributed by atoms with Crippen molar-refractivity contribution in [3.8, 4) is 0 Å². The highest BCUT2D eigenvalue weighted by Crippen LogP contribution is 2.07. The maximum absolute atomic E-state index is 11.9. The molecule has 1 saturated heterocycles. The SMILES string of the molecule is COCCOCCOCCOCCOCCOC(=O)N1CC[N+](C)(C)CC1.[I-]. The molecule has 0 aliphatic carbocycles. The van der Waals surface area contributed by atoms with Gasteiger partial charge in [-0.3, -0.25) is 4.90 Å². The number of carbonyl (C=O) groups is 1. The Morgan fingerprint density at radius 3 is 1.57 bits per heavy atom. The third kappa shape index (κ3) is 14.7. The first-order valence-electron chi connectivity index (χ1n) is 9.59. The van der Waals surface area contributed by atoms with Crippen molar-refractivity contribution in [2.75, 3.05) is 113 Å². The molecule has 1 heterocycles. The van der Waals surface area contributed by atoms with Crippen LogP contribution in [0.4, 0.5) is 4.79 Å². The highest BCUT2D eigenvalue weighted by atomic mass is 127. The zero-order valence-corrected chi connectivity index (χ0v) is 19.7. The minimum atomic E-state index is -0.252. The van der Waals surface area contributed by atoms with Gasteiger partial charge in [0.2, 0.25) is 0 Å². The Hall–Kier alpha value is -0.240. The molecular formula is C18H37IN2O7. The Labute approximate surface area is 186 Å². The molecular weight excluding hydrogens is 483 g/mol. The first-order chi connectivity index (χ1) is 13.0. The fourth-order valence-corrected chi connectivity index (χ4v) is 2.37. The molecule has 0 bridgehead atoms. The number of rotatable bonds is 15. The molecule has 0 aromatic rings. The zero-order chi connectivity index (χ0) is 19.8. The summed E-state index contributed by atoms with van der Waals surface area (Å²) in [6, 6.07) is 0. The van der Waals surface area contributed by atoms with Gasteiger partial charge in [-0.05, 0) is 0 Å². The van der Waals surface area contributed by atoms with E-state index >= 15 is 0 Å². The van der Waals surface area contributed by atoms with E-state index in [1.807, 2.05) is 0 Å². The van der Waals surface area contributed by atoms with Crippen molar-refractivity contribution in [3.63, 3.8) is 0 Å². The van der Waals surface area contributed by atoms with Crippen molar-refractivity contribution in [1.29, 1.82) is 0 Å². The van der Waals surface area contributed by atoms with Crippen LogP contribution in [0.15, 0.2) is 0 Å². The predicted octanol–water partition coefficient (Wildman–Crippen LogP) is -2.77. The summed E-state index contributed by atoms with van der Waals surface area (Å²) in [5, 5.41) is 0. The molecule has 0 unspecified atom stereocenters. The van der Waals surface area contributed by atoms with Crippen LogP contribution in [0.25, 0.3) is 0 Å². The first-order valence-corrected chi connectivity index (χ1v) is 9.59. The molecule has 0 atom stereocenters. The maximum Gasteiger partial charge on any atom is 0.410 e. The summed E-state index contributed by atoms with van der Waals surface area (Å²) in [6.07, 6.45) is -0.252. The summed E-state index contributed by atoms with van der Waals surface area (Å²) in [5.41, 5.74) is 0. The number of carbonyl (C=O) groups excluding carboxylic acids is 1. The monoisotopic (exact) mass is 520 g/mol. The molecule has 10 heteroatoms. The van der Waals surface area contributed by atoms with Crippen LogP contribution in [-0.2, 0) is 28.4 Å². The lowest BCUT2D eigenvalue weighted by Crippen LogP contribution is -3.00. The number of hydrogen-bond acceptors (Lipinski definition) is 7. The molecule has 1 aliphatic heterocycles. The first kappa shape index (κ1) is 27.8. The molecule has 1 fully saturated rings. The third-order valence-corrected chi connectivity index (χ3v) is 4.21. The van der Waals surface area contributed by atoms with Gasteiger partial charge in [0.15, 0.2) is 0 Å². The van der Waals surface area contributed by atoms with Crippen LogP contribution in [0.2, 0.25) is 0 Å². The molecule has 1 aliphatic rings. The highest BCUT2D eigenvalue weighted by Gasteiger charge is 2.27. The van der Waals surface area contributed by atoms with E-state index in [0.29, 0.717) is 59.5 Å². The fourth-order valence-electron chi connectivity index (χ4n) is 2.37. The Balaban J connectivity index is 0.00000729. The maximum atomic E-state index is 11.9. The second-order valence-corrected chi connectivity index (χ2v) is 6.93. The number of ether oxygens (including phenoxy) is 6. The number of piperazine rings is 1. The molecule has 1 amide bonds. The van der Waals surface area contributed by atoms with Gasteiger partial charge in [0, 0.05) is 7.11 Å². The van der Waals surface area contributed by atoms with Crippen molar-refractivity contribution < 1.29 is 61.7 Å². The standard InChI is InChI=1S/C18H37N2O7.HI/c1-20(2)6-4-19(5-7-20)18(21)27-17-16-26-15-14-25-13-12-24-11-10-23-9-8-22-3;/h4-17H2,1-3H3;1H/q+1;/p-1. The van der Waals surface area contributed by atoms with Crippen LogP contribution in [-0.4, -0.2) is 129 Å². The fraction of sp³-hybridized carbons (Fsp3) is 0.944. The Morgan fingerprint density at radius 1 is 0.750 bits per heavy atom. The summed E-state index contributed by atoms with van der Waals surface area (Å²) < 4.78 is 32.5. The smallest absolute Gasteiger partial charge is 0.410 e. The predicted molar refractivity (Wildman–Crippen MR) is 99.9 cm³/mol. The quantitative estimate of drug-likeness (QED) is 0.132.